The molecule has 1 amide bonds. The van der Waals surface area contributed by atoms with E-state index in [4.69, 9.17) is 27.9 Å². The topological polar surface area (TPSA) is 99.3 Å². The molecule has 0 saturated carbocycles. The molecule has 36 heavy (non-hydrogen) atoms. The third kappa shape index (κ3) is 5.67. The Morgan fingerprint density at radius 3 is 2.44 bits per heavy atom. The van der Waals surface area contributed by atoms with Gasteiger partial charge in [-0.2, -0.15) is 5.10 Å². The van der Waals surface area contributed by atoms with Gasteiger partial charge in [-0.15, -0.1) is 0 Å². The van der Waals surface area contributed by atoms with Gasteiger partial charge in [-0.1, -0.05) is 53.5 Å². The van der Waals surface area contributed by atoms with Gasteiger partial charge in [0.15, 0.2) is 0 Å². The first kappa shape index (κ1) is 25.2. The standard InChI is InChI=1S/C26H22Cl2N4O4/c1-16-25(17(2)31(30-16)14-20-5-3-4-6-22(20)27)29-26(33)19-9-7-18(8-10-19)15-36-24-12-11-21(32(34)35)13-23(24)28/h3-13H,14-15H2,1-2H3,(H,29,33). The molecule has 0 aliphatic rings. The zero-order valence-corrected chi connectivity index (χ0v) is 21.0. The first-order valence-electron chi connectivity index (χ1n) is 11.0. The number of halogens is 2. The average Bonchev–Trinajstić information content (AvgIpc) is 3.12. The predicted octanol–water partition coefficient (Wildman–Crippen LogP) is 6.59. The first-order valence-corrected chi connectivity index (χ1v) is 11.7. The number of hydrogen-bond donors (Lipinski definition) is 1. The van der Waals surface area contributed by atoms with Crippen LogP contribution >= 0.6 is 23.2 Å². The summed E-state index contributed by atoms with van der Waals surface area (Å²) in [5.41, 5.74) is 4.31. The van der Waals surface area contributed by atoms with Gasteiger partial charge in [-0.3, -0.25) is 19.6 Å². The first-order chi connectivity index (χ1) is 17.2. The largest absolute Gasteiger partial charge is 0.487 e. The van der Waals surface area contributed by atoms with Crippen molar-refractivity contribution in [3.8, 4) is 5.75 Å². The van der Waals surface area contributed by atoms with Gasteiger partial charge in [0.05, 0.1) is 33.6 Å². The molecule has 0 aliphatic heterocycles. The summed E-state index contributed by atoms with van der Waals surface area (Å²) in [4.78, 5) is 23.2. The molecule has 1 N–H and O–H groups in total. The number of nitro benzene ring substituents is 1. The van der Waals surface area contributed by atoms with Crippen LogP contribution in [0.15, 0.2) is 66.7 Å². The van der Waals surface area contributed by atoms with Gasteiger partial charge >= 0.3 is 0 Å². The lowest BCUT2D eigenvalue weighted by Gasteiger charge is -2.10. The molecule has 0 spiro atoms. The minimum Gasteiger partial charge on any atom is -0.487 e. The van der Waals surface area contributed by atoms with E-state index < -0.39 is 4.92 Å². The van der Waals surface area contributed by atoms with Crippen LogP contribution in [-0.4, -0.2) is 20.6 Å². The van der Waals surface area contributed by atoms with E-state index in [1.807, 2.05) is 42.8 Å². The lowest BCUT2D eigenvalue weighted by atomic mass is 10.1. The fourth-order valence-corrected chi connectivity index (χ4v) is 4.06. The Morgan fingerprint density at radius 1 is 1.06 bits per heavy atom. The molecule has 0 unspecified atom stereocenters. The van der Waals surface area contributed by atoms with E-state index in [1.165, 1.54) is 18.2 Å². The maximum Gasteiger partial charge on any atom is 0.271 e. The SMILES string of the molecule is Cc1nn(Cc2ccccc2Cl)c(C)c1NC(=O)c1ccc(COc2ccc([N+](=O)[O-])cc2Cl)cc1. The Morgan fingerprint density at radius 2 is 1.78 bits per heavy atom. The number of nitrogens with one attached hydrogen (secondary N) is 1. The summed E-state index contributed by atoms with van der Waals surface area (Å²) in [6.45, 7) is 4.42. The number of aromatic nitrogens is 2. The van der Waals surface area contributed by atoms with E-state index >= 15 is 0 Å². The smallest absolute Gasteiger partial charge is 0.271 e. The molecule has 1 aromatic heterocycles. The van der Waals surface area contributed by atoms with Crippen LogP contribution in [0.5, 0.6) is 5.75 Å². The average molecular weight is 525 g/mol. The van der Waals surface area contributed by atoms with Gasteiger partial charge in [-0.05, 0) is 49.2 Å². The summed E-state index contributed by atoms with van der Waals surface area (Å²) < 4.78 is 7.48. The number of aryl methyl sites for hydroxylation is 1. The highest BCUT2D eigenvalue weighted by Gasteiger charge is 2.16. The van der Waals surface area contributed by atoms with E-state index in [0.29, 0.717) is 34.3 Å². The molecule has 3 aromatic carbocycles. The van der Waals surface area contributed by atoms with Crippen molar-refractivity contribution in [2.24, 2.45) is 0 Å². The number of hydrogen-bond acceptors (Lipinski definition) is 5. The molecule has 0 aliphatic carbocycles. The van der Waals surface area contributed by atoms with Gasteiger partial charge < -0.3 is 10.1 Å². The molecule has 0 radical (unpaired) electrons. The summed E-state index contributed by atoms with van der Waals surface area (Å²) in [7, 11) is 0. The lowest BCUT2D eigenvalue weighted by Crippen LogP contribution is -2.13. The number of non-ortho nitro benzene ring substituents is 1. The van der Waals surface area contributed by atoms with Crippen LogP contribution < -0.4 is 10.1 Å². The maximum absolute atomic E-state index is 12.9. The molecule has 8 nitrogen and oxygen atoms in total. The fourth-order valence-electron chi connectivity index (χ4n) is 3.64. The summed E-state index contributed by atoms with van der Waals surface area (Å²) in [5.74, 6) is 0.0771. The Bertz CT molecular complexity index is 1430. The van der Waals surface area contributed by atoms with Crippen molar-refractivity contribution < 1.29 is 14.5 Å². The predicted molar refractivity (Wildman–Crippen MR) is 139 cm³/mol. The number of rotatable bonds is 8. The molecule has 184 valence electrons. The van der Waals surface area contributed by atoms with E-state index in [9.17, 15) is 14.9 Å². The second-order valence-corrected chi connectivity index (χ2v) is 8.92. The van der Waals surface area contributed by atoms with Gasteiger partial charge in [-0.25, -0.2) is 0 Å². The van der Waals surface area contributed by atoms with Crippen molar-refractivity contribution in [3.05, 3.63) is 115 Å². The van der Waals surface area contributed by atoms with E-state index in [2.05, 4.69) is 10.4 Å². The lowest BCUT2D eigenvalue weighted by molar-refractivity contribution is -0.384. The van der Waals surface area contributed by atoms with E-state index in [-0.39, 0.29) is 23.2 Å². The van der Waals surface area contributed by atoms with Crippen molar-refractivity contribution in [1.29, 1.82) is 0 Å². The highest BCUT2D eigenvalue weighted by atomic mass is 35.5. The summed E-state index contributed by atoms with van der Waals surface area (Å²) in [5, 5.41) is 19.2. The quantitative estimate of drug-likeness (QED) is 0.207. The van der Waals surface area contributed by atoms with E-state index in [1.54, 1.807) is 24.3 Å². The normalized spacial score (nSPS) is 10.8. The monoisotopic (exact) mass is 524 g/mol. The number of ether oxygens (including phenoxy) is 1. The van der Waals surface area contributed by atoms with Crippen molar-refractivity contribution in [3.63, 3.8) is 0 Å². The molecule has 0 saturated heterocycles. The fraction of sp³-hybridized carbons (Fsp3) is 0.154. The molecular formula is C26H22Cl2N4O4. The van der Waals surface area contributed by atoms with Crippen molar-refractivity contribution in [2.75, 3.05) is 5.32 Å². The number of nitro groups is 1. The van der Waals surface area contributed by atoms with Crippen molar-refractivity contribution in [2.45, 2.75) is 27.0 Å². The highest BCUT2D eigenvalue weighted by Crippen LogP contribution is 2.29. The van der Waals surface area contributed by atoms with Crippen LogP contribution in [-0.2, 0) is 13.2 Å². The molecule has 4 aromatic rings. The van der Waals surface area contributed by atoms with Crippen LogP contribution in [0, 0.1) is 24.0 Å². The molecular weight excluding hydrogens is 503 g/mol. The number of carbonyl (C=O) groups is 1. The minimum absolute atomic E-state index is 0.109. The van der Waals surface area contributed by atoms with E-state index in [0.717, 1.165) is 16.8 Å². The molecule has 10 heteroatoms. The third-order valence-electron chi connectivity index (χ3n) is 5.63. The Labute approximate surface area is 217 Å². The Hall–Kier alpha value is -3.88. The summed E-state index contributed by atoms with van der Waals surface area (Å²) in [6.07, 6.45) is 0. The second kappa shape index (κ2) is 10.8. The third-order valence-corrected chi connectivity index (χ3v) is 6.30. The second-order valence-electron chi connectivity index (χ2n) is 8.11. The summed E-state index contributed by atoms with van der Waals surface area (Å²) >= 11 is 12.3. The molecule has 4 rings (SSSR count). The number of benzene rings is 3. The number of carbonyl (C=O) groups excluding carboxylic acids is 1. The van der Waals surface area contributed by atoms with Crippen molar-refractivity contribution in [1.82, 2.24) is 9.78 Å². The van der Waals surface area contributed by atoms with Crippen LogP contribution in [0.3, 0.4) is 0 Å². The van der Waals surface area contributed by atoms with Crippen LogP contribution in [0.2, 0.25) is 10.0 Å². The van der Waals surface area contributed by atoms with Crippen LogP contribution in [0.1, 0.15) is 32.9 Å². The van der Waals surface area contributed by atoms with Gasteiger partial charge in [0, 0.05) is 22.7 Å². The number of nitrogens with zero attached hydrogens (tertiary/aromatic N) is 3. The minimum atomic E-state index is -0.522. The molecule has 1 heterocycles. The number of anilines is 1. The molecule has 0 atom stereocenters. The molecule has 0 fully saturated rings. The molecule has 0 bridgehead atoms. The highest BCUT2D eigenvalue weighted by molar-refractivity contribution is 6.32. The van der Waals surface area contributed by atoms with Crippen LogP contribution in [0.4, 0.5) is 11.4 Å². The van der Waals surface area contributed by atoms with Gasteiger partial charge in [0.2, 0.25) is 0 Å². The van der Waals surface area contributed by atoms with Crippen molar-refractivity contribution >= 4 is 40.5 Å². The number of amides is 1. The van der Waals surface area contributed by atoms with Crippen LogP contribution in [0.25, 0.3) is 0 Å². The van der Waals surface area contributed by atoms with Gasteiger partial charge in [0.25, 0.3) is 11.6 Å². The Balaban J connectivity index is 1.40. The zero-order chi connectivity index (χ0) is 25.8. The zero-order valence-electron chi connectivity index (χ0n) is 19.5. The summed E-state index contributed by atoms with van der Waals surface area (Å²) in [6, 6.07) is 18.5. The maximum atomic E-state index is 12.9. The van der Waals surface area contributed by atoms with Gasteiger partial charge in [0.1, 0.15) is 12.4 Å². The Kier molecular flexibility index (Phi) is 7.57.